The Labute approximate surface area is 131 Å². The molecule has 0 aliphatic carbocycles. The van der Waals surface area contributed by atoms with Crippen molar-refractivity contribution in [3.63, 3.8) is 0 Å². The molecule has 0 heterocycles. The summed E-state index contributed by atoms with van der Waals surface area (Å²) in [6.07, 6.45) is 0. The molecule has 7 heteroatoms. The van der Waals surface area contributed by atoms with Gasteiger partial charge in [-0.05, 0) is 41.5 Å². The van der Waals surface area contributed by atoms with E-state index in [1.807, 2.05) is 0 Å². The van der Waals surface area contributed by atoms with Crippen LogP contribution < -0.4 is 0 Å². The summed E-state index contributed by atoms with van der Waals surface area (Å²) < 4.78 is 14.9. The third-order valence-corrected chi connectivity index (χ3v) is 3.22. The van der Waals surface area contributed by atoms with Crippen LogP contribution >= 0.6 is 0 Å². The average molecular weight is 317 g/mol. The number of rotatable bonds is 9. The van der Waals surface area contributed by atoms with Crippen molar-refractivity contribution in [3.8, 4) is 0 Å². The average Bonchev–Trinajstić information content (AvgIpc) is 2.47. The lowest BCUT2D eigenvalue weighted by Crippen LogP contribution is -2.55. The van der Waals surface area contributed by atoms with Gasteiger partial charge in [0, 0.05) is 0 Å². The van der Waals surface area contributed by atoms with Gasteiger partial charge in [-0.3, -0.25) is 19.3 Å². The van der Waals surface area contributed by atoms with Crippen molar-refractivity contribution in [2.45, 2.75) is 59.7 Å². The molecule has 0 bridgehead atoms. The zero-order valence-electron chi connectivity index (χ0n) is 14.3. The lowest BCUT2D eigenvalue weighted by atomic mass is 10.1. The van der Waals surface area contributed by atoms with Crippen molar-refractivity contribution in [2.24, 2.45) is 0 Å². The molecule has 0 spiro atoms. The first-order valence-corrected chi connectivity index (χ1v) is 7.58. The third kappa shape index (κ3) is 5.63. The maximum absolute atomic E-state index is 12.0. The van der Waals surface area contributed by atoms with Crippen LogP contribution in [0.3, 0.4) is 0 Å². The molecule has 0 saturated heterocycles. The number of carbonyl (C=O) groups excluding carboxylic acids is 3. The van der Waals surface area contributed by atoms with Gasteiger partial charge in [-0.25, -0.2) is 0 Å². The summed E-state index contributed by atoms with van der Waals surface area (Å²) in [5.41, 5.74) is 0. The topological polar surface area (TPSA) is 82.1 Å². The normalized spacial score (nSPS) is 14.9. The number of nitrogens with zero attached hydrogens (tertiary/aromatic N) is 1. The lowest BCUT2D eigenvalue weighted by Gasteiger charge is -2.35. The standard InChI is InChI=1S/C15H27NO6/c1-7-20-13(17)10(4)16(11(5)14(18)21-8-2)12(6)15(19)22-9-3/h10-12H,7-9H2,1-6H3. The number of esters is 3. The molecular weight excluding hydrogens is 290 g/mol. The highest BCUT2D eigenvalue weighted by atomic mass is 16.5. The maximum Gasteiger partial charge on any atom is 0.323 e. The molecule has 0 amide bonds. The van der Waals surface area contributed by atoms with Gasteiger partial charge in [-0.15, -0.1) is 0 Å². The van der Waals surface area contributed by atoms with Gasteiger partial charge in [0.05, 0.1) is 19.8 Å². The van der Waals surface area contributed by atoms with Gasteiger partial charge >= 0.3 is 17.9 Å². The summed E-state index contributed by atoms with van der Waals surface area (Å²) in [4.78, 5) is 37.4. The summed E-state index contributed by atoms with van der Waals surface area (Å²) in [5.74, 6) is -1.51. The Kier molecular flexibility index (Phi) is 9.40. The minimum absolute atomic E-state index is 0.221. The van der Waals surface area contributed by atoms with Gasteiger partial charge in [0.25, 0.3) is 0 Å². The van der Waals surface area contributed by atoms with Gasteiger partial charge < -0.3 is 14.2 Å². The molecular formula is C15H27NO6. The fourth-order valence-electron chi connectivity index (χ4n) is 2.16. The molecule has 22 heavy (non-hydrogen) atoms. The Morgan fingerprint density at radius 3 is 1.09 bits per heavy atom. The van der Waals surface area contributed by atoms with E-state index >= 15 is 0 Å². The van der Waals surface area contributed by atoms with E-state index in [0.717, 1.165) is 0 Å². The lowest BCUT2D eigenvalue weighted by molar-refractivity contribution is -0.163. The van der Waals surface area contributed by atoms with Crippen LogP contribution in [-0.4, -0.2) is 60.8 Å². The van der Waals surface area contributed by atoms with Crippen molar-refractivity contribution in [2.75, 3.05) is 19.8 Å². The summed E-state index contributed by atoms with van der Waals surface area (Å²) >= 11 is 0. The number of hydrogen-bond donors (Lipinski definition) is 0. The third-order valence-electron chi connectivity index (χ3n) is 3.22. The highest BCUT2D eigenvalue weighted by Crippen LogP contribution is 2.15. The summed E-state index contributed by atoms with van der Waals surface area (Å²) in [5, 5.41) is 0. The van der Waals surface area contributed by atoms with Crippen LogP contribution in [0, 0.1) is 0 Å². The summed E-state index contributed by atoms with van der Waals surface area (Å²) in [6, 6.07) is -2.34. The van der Waals surface area contributed by atoms with E-state index in [0.29, 0.717) is 0 Å². The van der Waals surface area contributed by atoms with Crippen LogP contribution in [0.15, 0.2) is 0 Å². The fraction of sp³-hybridized carbons (Fsp3) is 0.800. The van der Waals surface area contributed by atoms with Crippen molar-refractivity contribution in [1.29, 1.82) is 0 Å². The molecule has 0 aliphatic rings. The predicted molar refractivity (Wildman–Crippen MR) is 80.1 cm³/mol. The van der Waals surface area contributed by atoms with Crippen LogP contribution in [0.5, 0.6) is 0 Å². The van der Waals surface area contributed by atoms with Gasteiger partial charge in [0.1, 0.15) is 18.1 Å². The number of ether oxygens (including phenoxy) is 3. The molecule has 0 fully saturated rings. The molecule has 0 rings (SSSR count). The van der Waals surface area contributed by atoms with Crippen LogP contribution in [0.4, 0.5) is 0 Å². The van der Waals surface area contributed by atoms with Crippen LogP contribution in [0.1, 0.15) is 41.5 Å². The Morgan fingerprint density at radius 2 is 0.909 bits per heavy atom. The Hall–Kier alpha value is -1.63. The van der Waals surface area contributed by atoms with E-state index in [1.54, 1.807) is 41.5 Å². The highest BCUT2D eigenvalue weighted by Gasteiger charge is 2.38. The smallest absolute Gasteiger partial charge is 0.323 e. The zero-order valence-corrected chi connectivity index (χ0v) is 14.3. The van der Waals surface area contributed by atoms with Gasteiger partial charge in [0.15, 0.2) is 0 Å². The first-order chi connectivity index (χ1) is 10.3. The van der Waals surface area contributed by atoms with Crippen LogP contribution in [-0.2, 0) is 28.6 Å². The molecule has 0 aromatic rings. The Bertz CT molecular complexity index is 327. The molecule has 3 atom stereocenters. The van der Waals surface area contributed by atoms with E-state index in [4.69, 9.17) is 14.2 Å². The Morgan fingerprint density at radius 1 is 0.682 bits per heavy atom. The van der Waals surface area contributed by atoms with Gasteiger partial charge in [0.2, 0.25) is 0 Å². The van der Waals surface area contributed by atoms with Crippen molar-refractivity contribution >= 4 is 17.9 Å². The van der Waals surface area contributed by atoms with Crippen LogP contribution in [0.2, 0.25) is 0 Å². The van der Waals surface area contributed by atoms with Crippen molar-refractivity contribution in [3.05, 3.63) is 0 Å². The van der Waals surface area contributed by atoms with Gasteiger partial charge in [-0.2, -0.15) is 0 Å². The summed E-state index contributed by atoms with van der Waals surface area (Å²) in [6.45, 7) is 10.5. The van der Waals surface area contributed by atoms with E-state index < -0.39 is 36.0 Å². The fourth-order valence-corrected chi connectivity index (χ4v) is 2.16. The molecule has 7 nitrogen and oxygen atoms in total. The zero-order chi connectivity index (χ0) is 17.3. The van der Waals surface area contributed by atoms with E-state index in [2.05, 4.69) is 0 Å². The van der Waals surface area contributed by atoms with Gasteiger partial charge in [-0.1, -0.05) is 0 Å². The molecule has 0 radical (unpaired) electrons. The van der Waals surface area contributed by atoms with Crippen molar-refractivity contribution < 1.29 is 28.6 Å². The number of carbonyl (C=O) groups is 3. The number of hydrogen-bond acceptors (Lipinski definition) is 7. The second-order valence-corrected chi connectivity index (χ2v) is 4.73. The largest absolute Gasteiger partial charge is 0.465 e. The highest BCUT2D eigenvalue weighted by molar-refractivity contribution is 5.82. The van der Waals surface area contributed by atoms with Crippen molar-refractivity contribution in [1.82, 2.24) is 4.90 Å². The molecule has 0 aromatic carbocycles. The monoisotopic (exact) mass is 317 g/mol. The minimum atomic E-state index is -0.779. The van der Waals surface area contributed by atoms with E-state index in [9.17, 15) is 14.4 Å². The first-order valence-electron chi connectivity index (χ1n) is 7.58. The molecule has 128 valence electrons. The Balaban J connectivity index is 5.33. The second-order valence-electron chi connectivity index (χ2n) is 4.73. The van der Waals surface area contributed by atoms with E-state index in [-0.39, 0.29) is 19.8 Å². The van der Waals surface area contributed by atoms with Crippen LogP contribution in [0.25, 0.3) is 0 Å². The predicted octanol–water partition coefficient (Wildman–Crippen LogP) is 1.14. The molecule has 0 saturated carbocycles. The maximum atomic E-state index is 12.0. The quantitative estimate of drug-likeness (QED) is 0.466. The first kappa shape index (κ1) is 20.4. The molecule has 0 aromatic heterocycles. The minimum Gasteiger partial charge on any atom is -0.465 e. The summed E-state index contributed by atoms with van der Waals surface area (Å²) in [7, 11) is 0. The second kappa shape index (κ2) is 10.2. The molecule has 0 aliphatic heterocycles. The SMILES string of the molecule is CCOC(=O)C(C)N(C(C)C(=O)OCC)C(C)C(=O)OCC. The van der Waals surface area contributed by atoms with E-state index in [1.165, 1.54) is 4.90 Å². The molecule has 0 N–H and O–H groups in total. The molecule has 3 unspecified atom stereocenters.